The topological polar surface area (TPSA) is 55.6 Å². The Balaban J connectivity index is 1.93. The van der Waals surface area contributed by atoms with Gasteiger partial charge in [0, 0.05) is 13.1 Å². The van der Waals surface area contributed by atoms with Crippen LogP contribution in [-0.2, 0) is 7.05 Å². The summed E-state index contributed by atoms with van der Waals surface area (Å²) in [6.45, 7) is 0. The molecule has 0 saturated carbocycles. The molecule has 1 saturated heterocycles. The largest absolute Gasteiger partial charge is 0.350 e. The van der Waals surface area contributed by atoms with Crippen LogP contribution in [0.15, 0.2) is 0 Å². The molecule has 1 aromatic rings. The van der Waals surface area contributed by atoms with Crippen molar-refractivity contribution in [2.45, 2.75) is 18.9 Å². The van der Waals surface area contributed by atoms with Gasteiger partial charge < -0.3 is 5.32 Å². The molecular weight excluding hydrogens is 186 g/mol. The van der Waals surface area contributed by atoms with Crippen molar-refractivity contribution in [2.24, 2.45) is 7.05 Å². The summed E-state index contributed by atoms with van der Waals surface area (Å²) < 4.78 is 1.67. The lowest BCUT2D eigenvalue weighted by Gasteiger charge is -2.22. The number of aromatic nitrogens is 4. The molecule has 0 aliphatic carbocycles. The van der Waals surface area contributed by atoms with Crippen LogP contribution in [0.3, 0.4) is 0 Å². The average Bonchev–Trinajstić information content (AvgIpc) is 2.54. The molecule has 0 spiro atoms. The molecule has 13 heavy (non-hydrogen) atoms. The number of thioether (sulfide) groups is 1. The highest BCUT2D eigenvalue weighted by Crippen LogP contribution is 2.19. The van der Waals surface area contributed by atoms with Gasteiger partial charge in [-0.3, -0.25) is 0 Å². The number of rotatable bonds is 2. The highest BCUT2D eigenvalue weighted by atomic mass is 32.2. The van der Waals surface area contributed by atoms with Gasteiger partial charge in [-0.05, 0) is 34.8 Å². The normalized spacial score (nSPS) is 18.8. The zero-order valence-electron chi connectivity index (χ0n) is 7.60. The standard InChI is InChI=1S/C7H13N5S/c1-12-7(9-10-11-12)8-6-2-4-13-5-3-6/h6H,2-5H2,1H3,(H,8,9,11). The van der Waals surface area contributed by atoms with E-state index < -0.39 is 0 Å². The van der Waals surface area contributed by atoms with Crippen molar-refractivity contribution in [1.82, 2.24) is 20.2 Å². The Kier molecular flexibility index (Phi) is 2.68. The van der Waals surface area contributed by atoms with Crippen LogP contribution in [0.5, 0.6) is 0 Å². The summed E-state index contributed by atoms with van der Waals surface area (Å²) >= 11 is 2.02. The van der Waals surface area contributed by atoms with Crippen LogP contribution in [0.25, 0.3) is 0 Å². The maximum Gasteiger partial charge on any atom is 0.242 e. The second-order valence-corrected chi connectivity index (χ2v) is 4.38. The molecule has 0 atom stereocenters. The third-order valence-electron chi connectivity index (χ3n) is 2.17. The van der Waals surface area contributed by atoms with Crippen LogP contribution < -0.4 is 5.32 Å². The zero-order valence-corrected chi connectivity index (χ0v) is 8.42. The second kappa shape index (κ2) is 3.95. The molecule has 1 aliphatic heterocycles. The first kappa shape index (κ1) is 8.80. The predicted octanol–water partition coefficient (Wildman–Crippen LogP) is 0.518. The number of nitrogens with zero attached hydrogens (tertiary/aromatic N) is 4. The van der Waals surface area contributed by atoms with Gasteiger partial charge in [0.25, 0.3) is 0 Å². The summed E-state index contributed by atoms with van der Waals surface area (Å²) in [6.07, 6.45) is 2.41. The third kappa shape index (κ3) is 2.12. The third-order valence-corrected chi connectivity index (χ3v) is 3.22. The highest BCUT2D eigenvalue weighted by molar-refractivity contribution is 7.99. The van der Waals surface area contributed by atoms with Crippen LogP contribution in [0.1, 0.15) is 12.8 Å². The summed E-state index contributed by atoms with van der Waals surface area (Å²) in [7, 11) is 1.85. The van der Waals surface area contributed by atoms with E-state index in [2.05, 4.69) is 20.8 Å². The van der Waals surface area contributed by atoms with Crippen LogP contribution in [-0.4, -0.2) is 37.8 Å². The molecule has 2 rings (SSSR count). The van der Waals surface area contributed by atoms with Crippen molar-refractivity contribution in [1.29, 1.82) is 0 Å². The van der Waals surface area contributed by atoms with Gasteiger partial charge in [-0.25, -0.2) is 4.68 Å². The van der Waals surface area contributed by atoms with Gasteiger partial charge >= 0.3 is 0 Å². The number of tetrazole rings is 1. The lowest BCUT2D eigenvalue weighted by molar-refractivity contribution is 0.644. The maximum absolute atomic E-state index is 3.89. The zero-order chi connectivity index (χ0) is 9.10. The molecule has 1 fully saturated rings. The molecular formula is C7H13N5S. The van der Waals surface area contributed by atoms with E-state index in [0.717, 1.165) is 5.95 Å². The van der Waals surface area contributed by atoms with Crippen molar-refractivity contribution in [2.75, 3.05) is 16.8 Å². The Hall–Kier alpha value is -0.780. The van der Waals surface area contributed by atoms with Gasteiger partial charge in [0.15, 0.2) is 0 Å². The minimum absolute atomic E-state index is 0.547. The van der Waals surface area contributed by atoms with Crippen molar-refractivity contribution < 1.29 is 0 Å². The fraction of sp³-hybridized carbons (Fsp3) is 0.857. The van der Waals surface area contributed by atoms with Crippen molar-refractivity contribution >= 4 is 17.7 Å². The summed E-state index contributed by atoms with van der Waals surface area (Å²) in [6, 6.07) is 0.547. The quantitative estimate of drug-likeness (QED) is 0.752. The molecule has 1 aromatic heterocycles. The fourth-order valence-corrected chi connectivity index (χ4v) is 2.48. The van der Waals surface area contributed by atoms with E-state index in [9.17, 15) is 0 Å². The molecule has 0 radical (unpaired) electrons. The van der Waals surface area contributed by atoms with Crippen LogP contribution in [0, 0.1) is 0 Å². The minimum Gasteiger partial charge on any atom is -0.350 e. The van der Waals surface area contributed by atoms with Crippen LogP contribution >= 0.6 is 11.8 Å². The first-order valence-corrected chi connectivity index (χ1v) is 5.58. The monoisotopic (exact) mass is 199 g/mol. The molecule has 0 aromatic carbocycles. The maximum atomic E-state index is 3.89. The number of anilines is 1. The summed E-state index contributed by atoms with van der Waals surface area (Å²) in [5.74, 6) is 3.25. The van der Waals surface area contributed by atoms with Crippen LogP contribution in [0.2, 0.25) is 0 Å². The van der Waals surface area contributed by atoms with E-state index in [-0.39, 0.29) is 0 Å². The van der Waals surface area contributed by atoms with Gasteiger partial charge in [-0.1, -0.05) is 5.10 Å². The lowest BCUT2D eigenvalue weighted by Crippen LogP contribution is -2.26. The molecule has 0 amide bonds. The predicted molar refractivity (Wildman–Crippen MR) is 52.8 cm³/mol. The minimum atomic E-state index is 0.547. The van der Waals surface area contributed by atoms with Gasteiger partial charge in [0.05, 0.1) is 0 Å². The van der Waals surface area contributed by atoms with E-state index in [1.165, 1.54) is 24.3 Å². The van der Waals surface area contributed by atoms with E-state index >= 15 is 0 Å². The SMILES string of the molecule is Cn1nnnc1NC1CCSCC1. The second-order valence-electron chi connectivity index (χ2n) is 3.16. The first-order valence-electron chi connectivity index (χ1n) is 4.43. The summed E-state index contributed by atoms with van der Waals surface area (Å²) in [5.41, 5.74) is 0. The highest BCUT2D eigenvalue weighted by Gasteiger charge is 2.15. The Labute approximate surface area is 81.3 Å². The molecule has 0 bridgehead atoms. The van der Waals surface area contributed by atoms with Crippen molar-refractivity contribution in [3.05, 3.63) is 0 Å². The Bertz CT molecular complexity index is 268. The first-order chi connectivity index (χ1) is 6.36. The van der Waals surface area contributed by atoms with Crippen molar-refractivity contribution in [3.8, 4) is 0 Å². The number of aryl methyl sites for hydroxylation is 1. The number of hydrogen-bond acceptors (Lipinski definition) is 5. The molecule has 1 N–H and O–H groups in total. The van der Waals surface area contributed by atoms with E-state index in [1.807, 2.05) is 18.8 Å². The number of hydrogen-bond donors (Lipinski definition) is 1. The summed E-state index contributed by atoms with van der Waals surface area (Å²) in [5, 5.41) is 14.6. The van der Waals surface area contributed by atoms with Gasteiger partial charge in [0.1, 0.15) is 0 Å². The van der Waals surface area contributed by atoms with Gasteiger partial charge in [0.2, 0.25) is 5.95 Å². The average molecular weight is 199 g/mol. The smallest absolute Gasteiger partial charge is 0.242 e. The Morgan fingerprint density at radius 3 is 2.85 bits per heavy atom. The molecule has 2 heterocycles. The van der Waals surface area contributed by atoms with Gasteiger partial charge in [-0.2, -0.15) is 11.8 Å². The molecule has 1 aliphatic rings. The number of nitrogens with one attached hydrogen (secondary N) is 1. The molecule has 72 valence electrons. The lowest BCUT2D eigenvalue weighted by atomic mass is 10.2. The Morgan fingerprint density at radius 1 is 1.46 bits per heavy atom. The van der Waals surface area contributed by atoms with E-state index in [4.69, 9.17) is 0 Å². The van der Waals surface area contributed by atoms with E-state index in [0.29, 0.717) is 6.04 Å². The Morgan fingerprint density at radius 2 is 2.23 bits per heavy atom. The van der Waals surface area contributed by atoms with Crippen molar-refractivity contribution in [3.63, 3.8) is 0 Å². The van der Waals surface area contributed by atoms with Gasteiger partial charge in [-0.15, -0.1) is 0 Å². The molecule has 6 heteroatoms. The molecule has 5 nitrogen and oxygen atoms in total. The fourth-order valence-electron chi connectivity index (χ4n) is 1.38. The summed E-state index contributed by atoms with van der Waals surface area (Å²) in [4.78, 5) is 0. The van der Waals surface area contributed by atoms with Crippen LogP contribution in [0.4, 0.5) is 5.95 Å². The molecule has 0 unspecified atom stereocenters. The van der Waals surface area contributed by atoms with E-state index in [1.54, 1.807) is 4.68 Å².